The average Bonchev–Trinajstić information content (AvgIpc) is 3.64. The molecule has 1 amide bonds. The van der Waals surface area contributed by atoms with Crippen molar-refractivity contribution in [3.05, 3.63) is 60.8 Å². The third kappa shape index (κ3) is 66.0. The van der Waals surface area contributed by atoms with Crippen LogP contribution in [-0.2, 0) is 27.9 Å². The van der Waals surface area contributed by atoms with Gasteiger partial charge in [0.15, 0.2) is 0 Å². The lowest BCUT2D eigenvalue weighted by Gasteiger charge is -2.27. The van der Waals surface area contributed by atoms with Crippen LogP contribution in [0.15, 0.2) is 60.8 Å². The zero-order valence-corrected chi connectivity index (χ0v) is 58.0. The zero-order chi connectivity index (χ0) is 62.1. The minimum Gasteiger partial charge on any atom is -0.456 e. The fraction of sp³-hybridized carbons (Fsp3) is 0.840. The van der Waals surface area contributed by atoms with Gasteiger partial charge in [-0.2, -0.15) is 0 Å². The Hall–Kier alpha value is -2.29. The first-order chi connectivity index (χ1) is 41.4. The molecule has 2 N–H and O–H groups in total. The van der Waals surface area contributed by atoms with Crippen molar-refractivity contribution < 1.29 is 37.3 Å². The number of unbranched alkanes of at least 4 members (excludes halogenated alkanes) is 43. The van der Waals surface area contributed by atoms with Crippen LogP contribution >= 0.6 is 7.82 Å². The Kier molecular flexibility index (Phi) is 62.9. The van der Waals surface area contributed by atoms with E-state index in [2.05, 4.69) is 74.7 Å². The summed E-state index contributed by atoms with van der Waals surface area (Å²) in [6.45, 7) is 7.02. The number of hydrogen-bond acceptors (Lipinski definition) is 6. The first-order valence-electron chi connectivity index (χ1n) is 36.6. The number of allylic oxidation sites excluding steroid dienone is 9. The summed E-state index contributed by atoms with van der Waals surface area (Å²) >= 11 is 0. The lowest BCUT2D eigenvalue weighted by Crippen LogP contribution is -2.47. The number of rotatable bonds is 67. The van der Waals surface area contributed by atoms with E-state index >= 15 is 0 Å². The first kappa shape index (κ1) is 82.7. The molecule has 10 heteroatoms. The topological polar surface area (TPSA) is 111 Å². The van der Waals surface area contributed by atoms with Crippen molar-refractivity contribution in [2.24, 2.45) is 0 Å². The molecule has 0 fully saturated rings. The smallest absolute Gasteiger partial charge is 0.456 e. The minimum absolute atomic E-state index is 0.0394. The number of ether oxygens (including phenoxy) is 1. The van der Waals surface area contributed by atoms with Crippen LogP contribution in [0.2, 0.25) is 0 Å². The van der Waals surface area contributed by atoms with Gasteiger partial charge in [0, 0.05) is 12.8 Å². The van der Waals surface area contributed by atoms with E-state index in [4.69, 9.17) is 13.8 Å². The standard InChI is InChI=1S/C75H141N2O7P/c1-7-10-13-16-19-22-25-27-29-31-33-35-37-38-40-41-43-45-47-49-52-55-58-61-64-67-74(78)76-72(71-83-85(80,81)82-70-69-77(4,5)6)73(66-63-60-57-54-51-24-21-18-15-12-9-3)84-75(79)68-65-62-59-56-53-50-48-46-44-42-39-36-34-32-30-28-26-23-20-17-14-11-8-2/h19,22,27,29,33,35,38,40,63,66,72-73H,7-18,20-21,23-26,28,30-32,34,36-37,39,41-62,64-65,67-71H2,1-6H3,(H-,76,78,80,81)/p+1/b22-19-,29-27-,35-33-,40-38-,66-63+. The van der Waals surface area contributed by atoms with E-state index in [0.29, 0.717) is 23.9 Å². The third-order valence-corrected chi connectivity index (χ3v) is 17.4. The van der Waals surface area contributed by atoms with Crippen LogP contribution in [0.4, 0.5) is 0 Å². The summed E-state index contributed by atoms with van der Waals surface area (Å²) in [6.07, 6.45) is 83.8. The number of phosphoric acid groups is 1. The molecule has 0 aliphatic heterocycles. The summed E-state index contributed by atoms with van der Waals surface area (Å²) in [5.74, 6) is -0.497. The minimum atomic E-state index is -4.46. The van der Waals surface area contributed by atoms with Gasteiger partial charge in [0.1, 0.15) is 19.3 Å². The maximum absolute atomic E-state index is 13.6. The van der Waals surface area contributed by atoms with Crippen molar-refractivity contribution in [3.63, 3.8) is 0 Å². The number of phosphoric ester groups is 1. The van der Waals surface area contributed by atoms with E-state index in [1.165, 1.54) is 231 Å². The molecule has 0 spiro atoms. The molecule has 85 heavy (non-hydrogen) atoms. The van der Waals surface area contributed by atoms with E-state index in [1.54, 1.807) is 0 Å². The molecule has 0 bridgehead atoms. The Labute approximate surface area is 528 Å². The number of esters is 1. The second kappa shape index (κ2) is 64.7. The van der Waals surface area contributed by atoms with Crippen molar-refractivity contribution in [1.29, 1.82) is 0 Å². The Bertz CT molecular complexity index is 1640. The molecule has 0 aromatic carbocycles. The highest BCUT2D eigenvalue weighted by Crippen LogP contribution is 2.43. The monoisotopic (exact) mass is 1210 g/mol. The lowest BCUT2D eigenvalue weighted by molar-refractivity contribution is -0.870. The molecule has 0 saturated heterocycles. The molecule has 9 nitrogen and oxygen atoms in total. The molecular weight excluding hydrogens is 1070 g/mol. The van der Waals surface area contributed by atoms with Gasteiger partial charge >= 0.3 is 13.8 Å². The lowest BCUT2D eigenvalue weighted by atomic mass is 10.0. The molecule has 0 radical (unpaired) electrons. The third-order valence-electron chi connectivity index (χ3n) is 16.5. The van der Waals surface area contributed by atoms with Gasteiger partial charge in [0.25, 0.3) is 0 Å². The average molecular weight is 1210 g/mol. The number of nitrogens with zero attached hydrogens (tertiary/aromatic N) is 1. The molecule has 0 aliphatic carbocycles. The van der Waals surface area contributed by atoms with E-state index in [9.17, 15) is 19.0 Å². The molecular formula is C75H142N2O7P+. The highest BCUT2D eigenvalue weighted by Gasteiger charge is 2.30. The predicted molar refractivity (Wildman–Crippen MR) is 369 cm³/mol. The maximum atomic E-state index is 13.6. The van der Waals surface area contributed by atoms with Gasteiger partial charge in [0.05, 0.1) is 33.8 Å². The van der Waals surface area contributed by atoms with Gasteiger partial charge in [-0.25, -0.2) is 4.57 Å². The number of hydrogen-bond donors (Lipinski definition) is 2. The summed E-state index contributed by atoms with van der Waals surface area (Å²) < 4.78 is 30.8. The van der Waals surface area contributed by atoms with Gasteiger partial charge in [-0.1, -0.05) is 326 Å². The zero-order valence-electron chi connectivity index (χ0n) is 57.1. The highest BCUT2D eigenvalue weighted by molar-refractivity contribution is 7.47. The Balaban J connectivity index is 4.99. The number of amides is 1. The van der Waals surface area contributed by atoms with Gasteiger partial charge in [-0.05, 0) is 76.7 Å². The van der Waals surface area contributed by atoms with Crippen LogP contribution in [0.3, 0.4) is 0 Å². The predicted octanol–water partition coefficient (Wildman–Crippen LogP) is 23.3. The molecule has 0 aromatic heterocycles. The maximum Gasteiger partial charge on any atom is 0.472 e. The van der Waals surface area contributed by atoms with Crippen LogP contribution < -0.4 is 5.32 Å². The summed E-state index contributed by atoms with van der Waals surface area (Å²) in [5.41, 5.74) is 0. The number of quaternary nitrogens is 1. The van der Waals surface area contributed by atoms with E-state index in [-0.39, 0.29) is 25.1 Å². The largest absolute Gasteiger partial charge is 0.472 e. The second-order valence-electron chi connectivity index (χ2n) is 26.1. The number of carbonyl (C=O) groups is 2. The molecule has 0 saturated carbocycles. The normalized spacial score (nSPS) is 13.8. The number of nitrogens with one attached hydrogen (secondary N) is 1. The van der Waals surface area contributed by atoms with Crippen molar-refractivity contribution >= 4 is 19.7 Å². The van der Waals surface area contributed by atoms with Crippen LogP contribution in [0.1, 0.15) is 355 Å². The molecule has 0 heterocycles. The second-order valence-corrected chi connectivity index (χ2v) is 27.6. The highest BCUT2D eigenvalue weighted by atomic mass is 31.2. The quantitative estimate of drug-likeness (QED) is 0.0205. The van der Waals surface area contributed by atoms with E-state index in [1.807, 2.05) is 33.3 Å². The van der Waals surface area contributed by atoms with Crippen LogP contribution in [0, 0.1) is 0 Å². The fourth-order valence-corrected chi connectivity index (χ4v) is 11.5. The summed E-state index contributed by atoms with van der Waals surface area (Å²) in [5, 5.41) is 3.07. The molecule has 498 valence electrons. The van der Waals surface area contributed by atoms with Gasteiger partial charge < -0.3 is 19.4 Å². The van der Waals surface area contributed by atoms with E-state index < -0.39 is 20.0 Å². The molecule has 0 rings (SSSR count). The van der Waals surface area contributed by atoms with Crippen LogP contribution in [0.5, 0.6) is 0 Å². The van der Waals surface area contributed by atoms with Crippen molar-refractivity contribution in [3.8, 4) is 0 Å². The van der Waals surface area contributed by atoms with Gasteiger partial charge in [0.2, 0.25) is 5.91 Å². The van der Waals surface area contributed by atoms with Gasteiger partial charge in [-0.15, -0.1) is 0 Å². The van der Waals surface area contributed by atoms with Crippen molar-refractivity contribution in [2.75, 3.05) is 40.9 Å². The molecule has 0 aromatic rings. The Morgan fingerprint density at radius 3 is 1.09 bits per heavy atom. The fourth-order valence-electron chi connectivity index (χ4n) is 10.8. The first-order valence-corrected chi connectivity index (χ1v) is 38.1. The molecule has 3 atom stereocenters. The van der Waals surface area contributed by atoms with Crippen molar-refractivity contribution in [1.82, 2.24) is 5.32 Å². The van der Waals surface area contributed by atoms with Crippen molar-refractivity contribution in [2.45, 2.75) is 367 Å². The summed E-state index contributed by atoms with van der Waals surface area (Å²) in [7, 11) is 1.50. The van der Waals surface area contributed by atoms with E-state index in [0.717, 1.165) is 89.9 Å². The Morgan fingerprint density at radius 1 is 0.412 bits per heavy atom. The van der Waals surface area contributed by atoms with Crippen LogP contribution in [0.25, 0.3) is 0 Å². The van der Waals surface area contributed by atoms with Gasteiger partial charge in [-0.3, -0.25) is 18.6 Å². The SMILES string of the molecule is CCCCC/C=C\C/C=C\C/C=C\C/C=C\CCCCCCCCCCCC(=O)NC(COP(=O)(O)OCC[N+](C)(C)C)C(/C=C/CCCCCCCCCCC)OC(=O)CCCCCCCCCCCCCCCCCCCCCCCCC. The summed E-state index contributed by atoms with van der Waals surface area (Å²) in [6, 6.07) is -0.852. The summed E-state index contributed by atoms with van der Waals surface area (Å²) in [4.78, 5) is 37.9. The number of carbonyl (C=O) groups excluding carboxylic acids is 2. The molecule has 0 aliphatic rings. The molecule has 3 unspecified atom stereocenters. The number of likely N-dealkylation sites (N-methyl/N-ethyl adjacent to an activating group) is 1. The Morgan fingerprint density at radius 2 is 0.718 bits per heavy atom. The van der Waals surface area contributed by atoms with Crippen LogP contribution in [-0.4, -0.2) is 74.3 Å².